The predicted molar refractivity (Wildman–Crippen MR) is 136 cm³/mol. The number of carbonyl (C=O) groups excluding carboxylic acids is 1. The molecule has 0 heterocycles. The average Bonchev–Trinajstić information content (AvgIpc) is 2.69. The van der Waals surface area contributed by atoms with Crippen molar-refractivity contribution in [2.75, 3.05) is 5.32 Å². The van der Waals surface area contributed by atoms with Gasteiger partial charge in [0.1, 0.15) is 6.17 Å². The number of fused-ring (bicyclic) bond motifs is 1. The highest BCUT2D eigenvalue weighted by Crippen LogP contribution is 2.30. The molecule has 0 radical (unpaired) electrons. The Balaban J connectivity index is 1.69. The number of nitrogens with one attached hydrogen (secondary N) is 3. The first-order chi connectivity index (χ1) is 14.6. The molecule has 162 valence electrons. The van der Waals surface area contributed by atoms with E-state index in [2.05, 4.69) is 16.0 Å². The summed E-state index contributed by atoms with van der Waals surface area (Å²) in [5.74, 6) is -0.340. The van der Waals surface area contributed by atoms with E-state index >= 15 is 0 Å². The molecule has 0 bridgehead atoms. The van der Waals surface area contributed by atoms with Crippen molar-refractivity contribution in [1.82, 2.24) is 10.6 Å². The van der Waals surface area contributed by atoms with Crippen LogP contribution in [0, 0.1) is 0 Å². The Kier molecular flexibility index (Phi) is 8.14. The Morgan fingerprint density at radius 1 is 0.968 bits per heavy atom. The topological polar surface area (TPSA) is 53.2 Å². The Hall–Kier alpha value is -1.47. The lowest BCUT2D eigenvalue weighted by atomic mass is 10.0. The van der Waals surface area contributed by atoms with Gasteiger partial charge in [0.25, 0.3) is 0 Å². The van der Waals surface area contributed by atoms with Crippen LogP contribution in [0.5, 0.6) is 0 Å². The summed E-state index contributed by atoms with van der Waals surface area (Å²) < 4.78 is -1.87. The minimum atomic E-state index is -1.87. The van der Waals surface area contributed by atoms with E-state index in [1.54, 1.807) is 18.2 Å². The summed E-state index contributed by atoms with van der Waals surface area (Å²) in [5.41, 5.74) is 1.36. The van der Waals surface area contributed by atoms with Crippen LogP contribution >= 0.6 is 70.2 Å². The monoisotopic (exact) mass is 533 g/mol. The largest absolute Gasteiger partial charge is 0.339 e. The lowest BCUT2D eigenvalue weighted by Gasteiger charge is -2.28. The van der Waals surface area contributed by atoms with Crippen LogP contribution < -0.4 is 16.0 Å². The molecule has 3 aromatic carbocycles. The van der Waals surface area contributed by atoms with E-state index < -0.39 is 9.96 Å². The van der Waals surface area contributed by atoms with Gasteiger partial charge in [0.05, 0.1) is 17.1 Å². The minimum Gasteiger partial charge on any atom is -0.339 e. The first-order valence-corrected chi connectivity index (χ1v) is 11.3. The summed E-state index contributed by atoms with van der Waals surface area (Å²) in [5, 5.41) is 11.3. The zero-order chi connectivity index (χ0) is 22.6. The number of rotatable bonds is 5. The summed E-state index contributed by atoms with van der Waals surface area (Å²) in [4.78, 5) is 12.7. The molecule has 0 saturated heterocycles. The molecule has 0 aromatic heterocycles. The second-order valence-electron chi connectivity index (χ2n) is 6.58. The van der Waals surface area contributed by atoms with E-state index in [0.29, 0.717) is 15.7 Å². The van der Waals surface area contributed by atoms with Gasteiger partial charge in [0.2, 0.25) is 9.70 Å². The second kappa shape index (κ2) is 10.4. The van der Waals surface area contributed by atoms with Gasteiger partial charge in [0, 0.05) is 5.02 Å². The molecule has 3 aromatic rings. The molecule has 0 saturated carbocycles. The molecule has 0 fully saturated rings. The van der Waals surface area contributed by atoms with Crippen molar-refractivity contribution in [3.63, 3.8) is 0 Å². The zero-order valence-electron chi connectivity index (χ0n) is 15.8. The number of alkyl halides is 3. The van der Waals surface area contributed by atoms with Crippen molar-refractivity contribution in [2.45, 2.75) is 16.4 Å². The molecular weight excluding hydrogens is 520 g/mol. The van der Waals surface area contributed by atoms with E-state index in [1.165, 1.54) is 0 Å². The van der Waals surface area contributed by atoms with Gasteiger partial charge in [-0.25, -0.2) is 0 Å². The normalized spacial score (nSPS) is 12.3. The molecule has 31 heavy (non-hydrogen) atoms. The molecule has 0 unspecified atom stereocenters. The van der Waals surface area contributed by atoms with Gasteiger partial charge in [-0.2, -0.15) is 0 Å². The van der Waals surface area contributed by atoms with Crippen molar-refractivity contribution in [2.24, 2.45) is 0 Å². The molecule has 0 spiro atoms. The standard InChI is InChI=1S/C21H16Cl5N3OS/c22-14-8-9-17(16(23)11-14)27-20(31)29-19(21(24,25)26)28-18(30)10-13-6-3-5-12-4-1-2-7-15(12)13/h1-9,11,19H,10H2,(H,28,30)(H2,27,29,31)/t19-/m0/s1. The number of anilines is 1. The van der Waals surface area contributed by atoms with Gasteiger partial charge in [-0.1, -0.05) is 100 Å². The van der Waals surface area contributed by atoms with Crippen LogP contribution in [-0.2, 0) is 11.2 Å². The van der Waals surface area contributed by atoms with E-state index in [4.69, 9.17) is 70.2 Å². The van der Waals surface area contributed by atoms with E-state index in [-0.39, 0.29) is 17.4 Å². The maximum absolute atomic E-state index is 12.7. The number of hydrogen-bond donors (Lipinski definition) is 3. The highest BCUT2D eigenvalue weighted by molar-refractivity contribution is 7.80. The van der Waals surface area contributed by atoms with Crippen LogP contribution in [0.4, 0.5) is 5.69 Å². The lowest BCUT2D eigenvalue weighted by Crippen LogP contribution is -2.56. The summed E-state index contributed by atoms with van der Waals surface area (Å²) >= 11 is 35.5. The van der Waals surface area contributed by atoms with Crippen LogP contribution in [0.2, 0.25) is 10.0 Å². The highest BCUT2D eigenvalue weighted by atomic mass is 35.6. The van der Waals surface area contributed by atoms with Crippen LogP contribution in [0.3, 0.4) is 0 Å². The van der Waals surface area contributed by atoms with Crippen LogP contribution in [-0.4, -0.2) is 21.0 Å². The van der Waals surface area contributed by atoms with E-state index in [0.717, 1.165) is 16.3 Å². The highest BCUT2D eigenvalue weighted by Gasteiger charge is 2.34. The van der Waals surface area contributed by atoms with Gasteiger partial charge in [-0.15, -0.1) is 0 Å². The third-order valence-corrected chi connectivity index (χ3v) is 5.74. The molecule has 1 atom stereocenters. The Labute approximate surface area is 210 Å². The van der Waals surface area contributed by atoms with Crippen molar-refractivity contribution in [3.8, 4) is 0 Å². The predicted octanol–water partition coefficient (Wildman–Crippen LogP) is 6.49. The maximum Gasteiger partial charge on any atom is 0.228 e. The fraction of sp³-hybridized carbons (Fsp3) is 0.143. The van der Waals surface area contributed by atoms with Gasteiger partial charge in [0.15, 0.2) is 5.11 Å². The Morgan fingerprint density at radius 3 is 2.39 bits per heavy atom. The fourth-order valence-corrected chi connectivity index (χ4v) is 3.92. The van der Waals surface area contributed by atoms with Gasteiger partial charge in [-0.3, -0.25) is 4.79 Å². The van der Waals surface area contributed by atoms with Crippen LogP contribution in [0.25, 0.3) is 10.8 Å². The quantitative estimate of drug-likeness (QED) is 0.199. The summed E-state index contributed by atoms with van der Waals surface area (Å²) in [6, 6.07) is 18.4. The minimum absolute atomic E-state index is 0.101. The van der Waals surface area contributed by atoms with Crippen molar-refractivity contribution in [3.05, 3.63) is 76.3 Å². The first kappa shape index (κ1) is 24.2. The maximum atomic E-state index is 12.7. The molecule has 0 aliphatic heterocycles. The number of carbonyl (C=O) groups is 1. The molecule has 0 aliphatic carbocycles. The van der Waals surface area contributed by atoms with Gasteiger partial charge < -0.3 is 16.0 Å². The van der Waals surface area contributed by atoms with Crippen molar-refractivity contribution >= 4 is 97.7 Å². The number of benzene rings is 3. The number of halogens is 5. The average molecular weight is 536 g/mol. The molecule has 4 nitrogen and oxygen atoms in total. The van der Waals surface area contributed by atoms with E-state index in [9.17, 15) is 4.79 Å². The zero-order valence-corrected chi connectivity index (χ0v) is 20.4. The van der Waals surface area contributed by atoms with Gasteiger partial charge in [-0.05, 0) is 46.8 Å². The Bertz CT molecular complexity index is 1110. The number of hydrogen-bond acceptors (Lipinski definition) is 2. The molecule has 3 N–H and O–H groups in total. The van der Waals surface area contributed by atoms with Crippen LogP contribution in [0.15, 0.2) is 60.7 Å². The number of thiocarbonyl (C=S) groups is 1. The van der Waals surface area contributed by atoms with Crippen LogP contribution in [0.1, 0.15) is 5.56 Å². The third kappa shape index (κ3) is 6.75. The SMILES string of the molecule is O=C(Cc1cccc2ccccc12)N[C@@H](NC(=S)Nc1ccc(Cl)cc1Cl)C(Cl)(Cl)Cl. The molecule has 10 heteroatoms. The fourth-order valence-electron chi connectivity index (χ4n) is 2.91. The Morgan fingerprint density at radius 2 is 1.68 bits per heavy atom. The number of amides is 1. The van der Waals surface area contributed by atoms with E-state index in [1.807, 2.05) is 42.5 Å². The lowest BCUT2D eigenvalue weighted by molar-refractivity contribution is -0.121. The summed E-state index contributed by atoms with van der Waals surface area (Å²) in [6.45, 7) is 0. The summed E-state index contributed by atoms with van der Waals surface area (Å²) in [7, 11) is 0. The summed E-state index contributed by atoms with van der Waals surface area (Å²) in [6.07, 6.45) is -0.991. The molecular formula is C21H16Cl5N3OS. The third-order valence-electron chi connectivity index (χ3n) is 4.32. The second-order valence-corrected chi connectivity index (χ2v) is 10.2. The molecule has 0 aliphatic rings. The van der Waals surface area contributed by atoms with Crippen molar-refractivity contribution < 1.29 is 4.79 Å². The molecule has 1 amide bonds. The first-order valence-electron chi connectivity index (χ1n) is 8.99. The van der Waals surface area contributed by atoms with Crippen molar-refractivity contribution in [1.29, 1.82) is 0 Å². The smallest absolute Gasteiger partial charge is 0.228 e. The van der Waals surface area contributed by atoms with Gasteiger partial charge >= 0.3 is 0 Å². The molecule has 3 rings (SSSR count).